The lowest BCUT2D eigenvalue weighted by molar-refractivity contribution is -0.121. The van der Waals surface area contributed by atoms with Gasteiger partial charge in [0.1, 0.15) is 0 Å². The van der Waals surface area contributed by atoms with Crippen molar-refractivity contribution in [2.45, 2.75) is 25.8 Å². The van der Waals surface area contributed by atoms with Crippen LogP contribution in [0.4, 0.5) is 5.69 Å². The standard InChI is InChI=1S/C24H30N4O/c1-19(27-13-15-28(16-14-27)21-7-3-2-4-8-21)17-26-24(29)12-11-20-18-25-23-10-6-5-9-22(20)23/h2-10,18-19,25H,11-17H2,1H3,(H,26,29). The number of hydrogen-bond donors (Lipinski definition) is 2. The van der Waals surface area contributed by atoms with E-state index < -0.39 is 0 Å². The van der Waals surface area contributed by atoms with Gasteiger partial charge in [-0.25, -0.2) is 0 Å². The maximum atomic E-state index is 12.4. The average Bonchev–Trinajstić information content (AvgIpc) is 3.20. The van der Waals surface area contributed by atoms with Crippen molar-refractivity contribution >= 4 is 22.5 Å². The number of carbonyl (C=O) groups excluding carboxylic acids is 1. The quantitative estimate of drug-likeness (QED) is 0.650. The summed E-state index contributed by atoms with van der Waals surface area (Å²) in [5.74, 6) is 0.130. The number of amides is 1. The molecule has 0 aliphatic carbocycles. The van der Waals surface area contributed by atoms with E-state index in [4.69, 9.17) is 0 Å². The summed E-state index contributed by atoms with van der Waals surface area (Å²) >= 11 is 0. The monoisotopic (exact) mass is 390 g/mol. The number of aryl methyl sites for hydroxylation is 1. The molecule has 4 rings (SSSR count). The Morgan fingerprint density at radius 1 is 1.03 bits per heavy atom. The Hall–Kier alpha value is -2.79. The van der Waals surface area contributed by atoms with Crippen LogP contribution in [0.1, 0.15) is 18.9 Å². The van der Waals surface area contributed by atoms with Crippen molar-refractivity contribution in [1.82, 2.24) is 15.2 Å². The number of aromatic amines is 1. The SMILES string of the molecule is CC(CNC(=O)CCc1c[nH]c2ccccc12)N1CCN(c2ccccc2)CC1. The van der Waals surface area contributed by atoms with Crippen molar-refractivity contribution in [3.63, 3.8) is 0 Å². The van der Waals surface area contributed by atoms with Crippen LogP contribution in [0.3, 0.4) is 0 Å². The third-order valence-corrected chi connectivity index (χ3v) is 5.95. The summed E-state index contributed by atoms with van der Waals surface area (Å²) in [7, 11) is 0. The Labute approximate surface area is 172 Å². The minimum Gasteiger partial charge on any atom is -0.369 e. The summed E-state index contributed by atoms with van der Waals surface area (Å²) in [5.41, 5.74) is 3.64. The Bertz CT molecular complexity index is 928. The lowest BCUT2D eigenvalue weighted by Gasteiger charge is -2.39. The zero-order valence-corrected chi connectivity index (χ0v) is 17.1. The van der Waals surface area contributed by atoms with Gasteiger partial charge in [-0.15, -0.1) is 0 Å². The van der Waals surface area contributed by atoms with Gasteiger partial charge < -0.3 is 15.2 Å². The number of para-hydroxylation sites is 2. The average molecular weight is 391 g/mol. The smallest absolute Gasteiger partial charge is 0.220 e. The van der Waals surface area contributed by atoms with Gasteiger partial charge in [0, 0.05) is 68.0 Å². The molecule has 5 nitrogen and oxygen atoms in total. The predicted molar refractivity (Wildman–Crippen MR) is 119 cm³/mol. The van der Waals surface area contributed by atoms with E-state index in [1.807, 2.05) is 18.3 Å². The van der Waals surface area contributed by atoms with E-state index in [1.165, 1.54) is 16.6 Å². The summed E-state index contributed by atoms with van der Waals surface area (Å²) in [6.45, 7) is 7.03. The number of carbonyl (C=O) groups is 1. The van der Waals surface area contributed by atoms with E-state index in [9.17, 15) is 4.79 Å². The largest absolute Gasteiger partial charge is 0.369 e. The molecule has 3 aromatic rings. The van der Waals surface area contributed by atoms with Gasteiger partial charge in [-0.3, -0.25) is 9.69 Å². The minimum absolute atomic E-state index is 0.130. The van der Waals surface area contributed by atoms with Gasteiger partial charge in [-0.1, -0.05) is 36.4 Å². The Morgan fingerprint density at radius 2 is 1.76 bits per heavy atom. The number of fused-ring (bicyclic) bond motifs is 1. The molecule has 0 saturated carbocycles. The van der Waals surface area contributed by atoms with Crippen LogP contribution in [0.15, 0.2) is 60.8 Å². The van der Waals surface area contributed by atoms with Crippen molar-refractivity contribution in [3.05, 3.63) is 66.4 Å². The molecule has 1 aliphatic heterocycles. The fraction of sp³-hybridized carbons (Fsp3) is 0.375. The Kier molecular flexibility index (Phi) is 6.15. The second-order valence-corrected chi connectivity index (χ2v) is 7.87. The van der Waals surface area contributed by atoms with Crippen molar-refractivity contribution in [3.8, 4) is 0 Å². The van der Waals surface area contributed by atoms with Gasteiger partial charge in [-0.05, 0) is 37.1 Å². The first-order valence-corrected chi connectivity index (χ1v) is 10.6. The molecule has 5 heteroatoms. The number of benzene rings is 2. The Morgan fingerprint density at radius 3 is 2.55 bits per heavy atom. The van der Waals surface area contributed by atoms with Crippen LogP contribution in [0, 0.1) is 0 Å². The first-order valence-electron chi connectivity index (χ1n) is 10.6. The van der Waals surface area contributed by atoms with Crippen LogP contribution < -0.4 is 10.2 Å². The van der Waals surface area contributed by atoms with Crippen molar-refractivity contribution in [2.24, 2.45) is 0 Å². The molecular formula is C24H30N4O. The molecular weight excluding hydrogens is 360 g/mol. The molecule has 2 heterocycles. The van der Waals surface area contributed by atoms with E-state index >= 15 is 0 Å². The van der Waals surface area contributed by atoms with Gasteiger partial charge >= 0.3 is 0 Å². The Balaban J connectivity index is 1.19. The topological polar surface area (TPSA) is 51.4 Å². The molecule has 1 unspecified atom stereocenters. The van der Waals surface area contributed by atoms with Crippen LogP contribution in [0.5, 0.6) is 0 Å². The summed E-state index contributed by atoms with van der Waals surface area (Å²) in [5, 5.41) is 4.34. The highest BCUT2D eigenvalue weighted by atomic mass is 16.1. The second kappa shape index (κ2) is 9.14. The molecule has 29 heavy (non-hydrogen) atoms. The molecule has 1 fully saturated rings. The fourth-order valence-corrected chi connectivity index (χ4v) is 4.13. The molecule has 152 valence electrons. The third-order valence-electron chi connectivity index (χ3n) is 5.95. The second-order valence-electron chi connectivity index (χ2n) is 7.87. The number of H-pyrrole nitrogens is 1. The van der Waals surface area contributed by atoms with E-state index in [0.717, 1.165) is 38.1 Å². The van der Waals surface area contributed by atoms with Crippen molar-refractivity contribution in [2.75, 3.05) is 37.6 Å². The number of piperazine rings is 1. The van der Waals surface area contributed by atoms with Crippen LogP contribution >= 0.6 is 0 Å². The number of aromatic nitrogens is 1. The normalized spacial score (nSPS) is 16.1. The third kappa shape index (κ3) is 4.80. The zero-order valence-electron chi connectivity index (χ0n) is 17.1. The van der Waals surface area contributed by atoms with Crippen LogP contribution in [0.25, 0.3) is 10.9 Å². The number of nitrogens with zero attached hydrogens (tertiary/aromatic N) is 2. The molecule has 1 aliphatic rings. The summed E-state index contributed by atoms with van der Waals surface area (Å²) < 4.78 is 0. The van der Waals surface area contributed by atoms with Gasteiger partial charge in [0.05, 0.1) is 0 Å². The van der Waals surface area contributed by atoms with Crippen molar-refractivity contribution < 1.29 is 4.79 Å². The lowest BCUT2D eigenvalue weighted by Crippen LogP contribution is -2.52. The molecule has 0 spiro atoms. The molecule has 1 amide bonds. The molecule has 1 saturated heterocycles. The molecule has 0 bridgehead atoms. The van der Waals surface area contributed by atoms with E-state index in [2.05, 4.69) is 69.5 Å². The summed E-state index contributed by atoms with van der Waals surface area (Å²) in [6, 6.07) is 19.2. The number of nitrogens with one attached hydrogen (secondary N) is 2. The van der Waals surface area contributed by atoms with Gasteiger partial charge in [0.15, 0.2) is 0 Å². The minimum atomic E-state index is 0.130. The molecule has 2 N–H and O–H groups in total. The predicted octanol–water partition coefficient (Wildman–Crippen LogP) is 3.43. The lowest BCUT2D eigenvalue weighted by atomic mass is 10.1. The highest BCUT2D eigenvalue weighted by molar-refractivity contribution is 5.84. The fourth-order valence-electron chi connectivity index (χ4n) is 4.13. The maximum Gasteiger partial charge on any atom is 0.220 e. The number of anilines is 1. The summed E-state index contributed by atoms with van der Waals surface area (Å²) in [6.07, 6.45) is 3.31. The van der Waals surface area contributed by atoms with Gasteiger partial charge in [0.2, 0.25) is 5.91 Å². The van der Waals surface area contributed by atoms with Gasteiger partial charge in [-0.2, -0.15) is 0 Å². The molecule has 2 aromatic carbocycles. The maximum absolute atomic E-state index is 12.4. The van der Waals surface area contributed by atoms with Crippen LogP contribution in [-0.4, -0.2) is 54.6 Å². The highest BCUT2D eigenvalue weighted by Crippen LogP contribution is 2.19. The zero-order chi connectivity index (χ0) is 20.1. The molecule has 1 aromatic heterocycles. The van der Waals surface area contributed by atoms with E-state index in [1.54, 1.807) is 0 Å². The van der Waals surface area contributed by atoms with Crippen LogP contribution in [0.2, 0.25) is 0 Å². The number of rotatable bonds is 7. The first-order chi connectivity index (χ1) is 14.2. The first kappa shape index (κ1) is 19.5. The number of hydrogen-bond acceptors (Lipinski definition) is 3. The summed E-state index contributed by atoms with van der Waals surface area (Å²) in [4.78, 5) is 20.5. The molecule has 0 radical (unpaired) electrons. The van der Waals surface area contributed by atoms with Crippen molar-refractivity contribution in [1.29, 1.82) is 0 Å². The van der Waals surface area contributed by atoms with Gasteiger partial charge in [0.25, 0.3) is 0 Å². The highest BCUT2D eigenvalue weighted by Gasteiger charge is 2.21. The van der Waals surface area contributed by atoms with E-state index in [-0.39, 0.29) is 5.91 Å². The van der Waals surface area contributed by atoms with Crippen LogP contribution in [-0.2, 0) is 11.2 Å². The van der Waals surface area contributed by atoms with E-state index in [0.29, 0.717) is 19.0 Å². The molecule has 1 atom stereocenters.